The van der Waals surface area contributed by atoms with E-state index in [1.54, 1.807) is 12.1 Å². The number of rotatable bonds is 6. The van der Waals surface area contributed by atoms with Gasteiger partial charge in [0.2, 0.25) is 6.10 Å². The molecule has 1 aromatic carbocycles. The number of carboxylic acids is 2. The van der Waals surface area contributed by atoms with E-state index >= 15 is 0 Å². The molecule has 0 spiro atoms. The van der Waals surface area contributed by atoms with Gasteiger partial charge in [0, 0.05) is 11.6 Å². The summed E-state index contributed by atoms with van der Waals surface area (Å²) in [5, 5.41) is 35.8. The number of phenolic OH excluding ortho intramolecular Hbond substituents is 1. The molecule has 0 aromatic heterocycles. The zero-order chi connectivity index (χ0) is 16.0. The third-order valence-corrected chi connectivity index (χ3v) is 2.36. The standard InChI is InChI=1S/C13H12O8/c14-8-4-2-1-3-7(8)5-6-9(15)21-11(13(19)20)10(16)12(17)18/h1-6,10-11,14,16H,(H,17,18)(H,19,20). The van der Waals surface area contributed by atoms with Gasteiger partial charge in [-0.2, -0.15) is 0 Å². The van der Waals surface area contributed by atoms with E-state index in [0.29, 0.717) is 0 Å². The topological polar surface area (TPSA) is 141 Å². The van der Waals surface area contributed by atoms with Crippen molar-refractivity contribution in [2.24, 2.45) is 0 Å². The Bertz CT molecular complexity index is 577. The van der Waals surface area contributed by atoms with E-state index < -0.39 is 30.1 Å². The van der Waals surface area contributed by atoms with Crippen molar-refractivity contribution in [3.05, 3.63) is 35.9 Å². The maximum atomic E-state index is 11.4. The number of carboxylic acid groups (broad SMARTS) is 2. The molecule has 0 aliphatic heterocycles. The molecule has 1 aromatic rings. The second-order valence-electron chi connectivity index (χ2n) is 3.87. The number of carbonyl (C=O) groups excluding carboxylic acids is 1. The van der Waals surface area contributed by atoms with Gasteiger partial charge >= 0.3 is 17.9 Å². The molecule has 0 amide bonds. The molecule has 0 fully saturated rings. The maximum Gasteiger partial charge on any atom is 0.348 e. The number of aliphatic hydroxyl groups is 1. The SMILES string of the molecule is O=C(C=Cc1ccccc1O)OC(C(=O)O)C(O)C(=O)O. The molecule has 4 N–H and O–H groups in total. The van der Waals surface area contributed by atoms with Crippen LogP contribution >= 0.6 is 0 Å². The predicted octanol–water partition coefficient (Wildman–Crippen LogP) is -0.153. The number of esters is 1. The highest BCUT2D eigenvalue weighted by Gasteiger charge is 2.35. The molecule has 0 aliphatic rings. The van der Waals surface area contributed by atoms with E-state index in [1.807, 2.05) is 0 Å². The third-order valence-electron chi connectivity index (χ3n) is 2.36. The Kier molecular flexibility index (Phi) is 5.44. The predicted molar refractivity (Wildman–Crippen MR) is 68.3 cm³/mol. The van der Waals surface area contributed by atoms with Crippen molar-refractivity contribution in [2.75, 3.05) is 0 Å². The van der Waals surface area contributed by atoms with Crippen molar-refractivity contribution >= 4 is 24.0 Å². The minimum atomic E-state index is -2.38. The summed E-state index contributed by atoms with van der Waals surface area (Å²) in [7, 11) is 0. The number of benzene rings is 1. The van der Waals surface area contributed by atoms with E-state index in [-0.39, 0.29) is 11.3 Å². The Hall–Kier alpha value is -2.87. The highest BCUT2D eigenvalue weighted by molar-refractivity contribution is 5.91. The highest BCUT2D eigenvalue weighted by Crippen LogP contribution is 2.17. The normalized spacial score (nSPS) is 13.6. The zero-order valence-corrected chi connectivity index (χ0v) is 10.5. The lowest BCUT2D eigenvalue weighted by molar-refractivity contribution is -0.176. The number of aliphatic hydroxyl groups excluding tert-OH is 1. The number of hydrogen-bond acceptors (Lipinski definition) is 6. The van der Waals surface area contributed by atoms with Crippen LogP contribution in [-0.2, 0) is 19.1 Å². The summed E-state index contributed by atoms with van der Waals surface area (Å²) in [5.74, 6) is -4.91. The minimum Gasteiger partial charge on any atom is -0.507 e. The molecule has 1 rings (SSSR count). The number of hydrogen-bond donors (Lipinski definition) is 4. The van der Waals surface area contributed by atoms with E-state index in [0.717, 1.165) is 12.2 Å². The van der Waals surface area contributed by atoms with Crippen LogP contribution in [0.5, 0.6) is 5.75 Å². The molecular formula is C13H12O8. The molecule has 8 nitrogen and oxygen atoms in total. The minimum absolute atomic E-state index is 0.109. The first-order valence-corrected chi connectivity index (χ1v) is 5.63. The first kappa shape index (κ1) is 16.2. The molecule has 0 aliphatic carbocycles. The fourth-order valence-electron chi connectivity index (χ4n) is 1.33. The monoisotopic (exact) mass is 296 g/mol. The van der Waals surface area contributed by atoms with Gasteiger partial charge in [-0.3, -0.25) is 0 Å². The summed E-state index contributed by atoms with van der Waals surface area (Å²) in [6, 6.07) is 6.02. The van der Waals surface area contributed by atoms with Crippen molar-refractivity contribution in [3.8, 4) is 5.75 Å². The largest absolute Gasteiger partial charge is 0.507 e. The number of aliphatic carboxylic acids is 2. The fraction of sp³-hybridized carbons (Fsp3) is 0.154. The number of carbonyl (C=O) groups is 3. The Morgan fingerprint density at radius 3 is 2.24 bits per heavy atom. The summed E-state index contributed by atoms with van der Waals surface area (Å²) >= 11 is 0. The molecule has 0 bridgehead atoms. The van der Waals surface area contributed by atoms with E-state index in [9.17, 15) is 19.5 Å². The maximum absolute atomic E-state index is 11.4. The average molecular weight is 296 g/mol. The van der Waals surface area contributed by atoms with Gasteiger partial charge in [0.05, 0.1) is 0 Å². The first-order valence-electron chi connectivity index (χ1n) is 5.63. The van der Waals surface area contributed by atoms with Crippen molar-refractivity contribution in [3.63, 3.8) is 0 Å². The summed E-state index contributed by atoms with van der Waals surface area (Å²) in [6.07, 6.45) is -2.66. The lowest BCUT2D eigenvalue weighted by Crippen LogP contribution is -2.42. The summed E-state index contributed by atoms with van der Waals surface area (Å²) in [4.78, 5) is 32.7. The first-order chi connectivity index (χ1) is 9.82. The molecule has 2 atom stereocenters. The van der Waals surface area contributed by atoms with Crippen LogP contribution in [0.2, 0.25) is 0 Å². The smallest absolute Gasteiger partial charge is 0.348 e. The van der Waals surface area contributed by atoms with Crippen LogP contribution in [0.25, 0.3) is 6.08 Å². The summed E-state index contributed by atoms with van der Waals surface area (Å²) < 4.78 is 4.36. The van der Waals surface area contributed by atoms with Crippen molar-refractivity contribution in [1.82, 2.24) is 0 Å². The number of aromatic hydroxyl groups is 1. The van der Waals surface area contributed by atoms with Crippen molar-refractivity contribution in [2.45, 2.75) is 12.2 Å². The second-order valence-corrected chi connectivity index (χ2v) is 3.87. The fourth-order valence-corrected chi connectivity index (χ4v) is 1.33. The molecule has 112 valence electrons. The molecule has 8 heteroatoms. The van der Waals surface area contributed by atoms with E-state index in [4.69, 9.17) is 15.3 Å². The molecule has 0 saturated carbocycles. The van der Waals surface area contributed by atoms with Gasteiger partial charge in [0.25, 0.3) is 0 Å². The molecule has 0 heterocycles. The van der Waals surface area contributed by atoms with Gasteiger partial charge in [0.1, 0.15) is 5.75 Å². The molecule has 21 heavy (non-hydrogen) atoms. The van der Waals surface area contributed by atoms with Gasteiger partial charge in [-0.05, 0) is 12.1 Å². The van der Waals surface area contributed by atoms with Crippen LogP contribution in [0.1, 0.15) is 5.56 Å². The van der Waals surface area contributed by atoms with Crippen LogP contribution in [0, 0.1) is 0 Å². The van der Waals surface area contributed by atoms with Gasteiger partial charge in [-0.15, -0.1) is 0 Å². The quantitative estimate of drug-likeness (QED) is 0.419. The number of ether oxygens (including phenoxy) is 1. The van der Waals surface area contributed by atoms with Crippen LogP contribution < -0.4 is 0 Å². The Labute approximate surface area is 118 Å². The van der Waals surface area contributed by atoms with Crippen LogP contribution in [0.3, 0.4) is 0 Å². The molecular weight excluding hydrogens is 284 g/mol. The number of phenols is 1. The zero-order valence-electron chi connectivity index (χ0n) is 10.5. The highest BCUT2D eigenvalue weighted by atomic mass is 16.6. The van der Waals surface area contributed by atoms with Crippen LogP contribution in [-0.4, -0.2) is 50.5 Å². The Morgan fingerprint density at radius 2 is 1.71 bits per heavy atom. The molecule has 2 unspecified atom stereocenters. The van der Waals surface area contributed by atoms with Crippen molar-refractivity contribution in [1.29, 1.82) is 0 Å². The Balaban J connectivity index is 2.77. The van der Waals surface area contributed by atoms with Gasteiger partial charge in [-0.1, -0.05) is 18.2 Å². The number of para-hydroxylation sites is 1. The third kappa shape index (κ3) is 4.62. The van der Waals surface area contributed by atoms with Gasteiger partial charge in [-0.25, -0.2) is 14.4 Å². The Morgan fingerprint density at radius 1 is 1.10 bits per heavy atom. The van der Waals surface area contributed by atoms with Gasteiger partial charge < -0.3 is 25.2 Å². The van der Waals surface area contributed by atoms with Crippen molar-refractivity contribution < 1.29 is 39.5 Å². The lowest BCUT2D eigenvalue weighted by atomic mass is 10.2. The summed E-state index contributed by atoms with van der Waals surface area (Å²) in [5.41, 5.74) is 0.278. The summed E-state index contributed by atoms with van der Waals surface area (Å²) in [6.45, 7) is 0. The molecule has 0 saturated heterocycles. The van der Waals surface area contributed by atoms with Gasteiger partial charge in [0.15, 0.2) is 6.10 Å². The second kappa shape index (κ2) is 7.06. The van der Waals surface area contributed by atoms with E-state index in [2.05, 4.69) is 4.74 Å². The lowest BCUT2D eigenvalue weighted by Gasteiger charge is -2.15. The molecule has 0 radical (unpaired) electrons. The van der Waals surface area contributed by atoms with Crippen LogP contribution in [0.15, 0.2) is 30.3 Å². The van der Waals surface area contributed by atoms with Crippen LogP contribution in [0.4, 0.5) is 0 Å². The van der Waals surface area contributed by atoms with E-state index in [1.165, 1.54) is 12.1 Å². The average Bonchev–Trinajstić information content (AvgIpc) is 2.42.